The quantitative estimate of drug-likeness (QED) is 0.541. The number of aromatic nitrogens is 3. The number of hydrogen-bond acceptors (Lipinski definition) is 5. The fourth-order valence-corrected chi connectivity index (χ4v) is 3.62. The number of H-pyrrole nitrogens is 1. The number of hydrogen-bond donors (Lipinski definition) is 1. The number of pyridine rings is 1. The zero-order chi connectivity index (χ0) is 19.5. The predicted octanol–water partition coefficient (Wildman–Crippen LogP) is 3.00. The Morgan fingerprint density at radius 2 is 2.18 bits per heavy atom. The highest BCUT2D eigenvalue weighted by Crippen LogP contribution is 2.16. The summed E-state index contributed by atoms with van der Waals surface area (Å²) >= 11 is 1.37. The van der Waals surface area contributed by atoms with E-state index in [9.17, 15) is 9.59 Å². The Morgan fingerprint density at radius 1 is 1.29 bits per heavy atom. The minimum absolute atomic E-state index is 0.334. The summed E-state index contributed by atoms with van der Waals surface area (Å²) in [5.74, 6) is -0.719. The molecule has 0 radical (unpaired) electrons. The summed E-state index contributed by atoms with van der Waals surface area (Å²) in [4.78, 5) is 36.5. The first-order valence-electron chi connectivity index (χ1n) is 8.48. The van der Waals surface area contributed by atoms with Gasteiger partial charge in [0.05, 0.1) is 18.2 Å². The van der Waals surface area contributed by atoms with Crippen LogP contribution in [0.4, 0.5) is 0 Å². The molecule has 0 aliphatic rings. The minimum Gasteiger partial charge on any atom is -0.465 e. The number of ether oxygens (including phenoxy) is 1. The van der Waals surface area contributed by atoms with Crippen molar-refractivity contribution in [1.82, 2.24) is 14.5 Å². The Hall–Kier alpha value is -3.52. The Morgan fingerprint density at radius 3 is 3.04 bits per heavy atom. The van der Waals surface area contributed by atoms with Crippen LogP contribution in [0.25, 0.3) is 11.0 Å². The molecule has 3 heterocycles. The molecular formula is C20H16N4O3S. The van der Waals surface area contributed by atoms with E-state index in [1.54, 1.807) is 36.7 Å². The molecule has 3 aromatic heterocycles. The zero-order valence-electron chi connectivity index (χ0n) is 15.0. The minimum atomic E-state index is -0.384. The maximum absolute atomic E-state index is 12.7. The van der Waals surface area contributed by atoms with Crippen LogP contribution in [-0.2, 0) is 11.3 Å². The second-order valence-electron chi connectivity index (χ2n) is 6.02. The molecule has 1 N–H and O–H groups in total. The van der Waals surface area contributed by atoms with Crippen LogP contribution in [0.1, 0.15) is 26.3 Å². The summed E-state index contributed by atoms with van der Waals surface area (Å²) in [7, 11) is 1.35. The number of nitrogens with one attached hydrogen (secondary N) is 1. The van der Waals surface area contributed by atoms with Crippen LogP contribution < -0.4 is 4.80 Å². The van der Waals surface area contributed by atoms with Gasteiger partial charge in [0.1, 0.15) is 5.65 Å². The van der Waals surface area contributed by atoms with E-state index >= 15 is 0 Å². The fraction of sp³-hybridized carbons (Fsp3) is 0.100. The Labute approximate surface area is 164 Å². The van der Waals surface area contributed by atoms with Crippen molar-refractivity contribution >= 4 is 34.2 Å². The highest BCUT2D eigenvalue weighted by Gasteiger charge is 2.12. The standard InChI is InChI=1S/C20H16N4O3S/c1-27-19(26)14-5-2-4-13(10-14)12-24-8-9-28-20(24)23-18(25)16-11-22-17-15(16)6-3-7-21-17/h2-11H,12H2,1H3,(H,21,22)/b23-20-. The Bertz CT molecular complexity index is 1240. The Kier molecular flexibility index (Phi) is 4.86. The molecule has 140 valence electrons. The van der Waals surface area contributed by atoms with E-state index in [0.29, 0.717) is 28.1 Å². The maximum atomic E-state index is 12.7. The molecule has 7 nitrogen and oxygen atoms in total. The van der Waals surface area contributed by atoms with E-state index in [-0.39, 0.29) is 11.9 Å². The van der Waals surface area contributed by atoms with Gasteiger partial charge in [-0.15, -0.1) is 11.3 Å². The van der Waals surface area contributed by atoms with Crippen molar-refractivity contribution in [3.63, 3.8) is 0 Å². The van der Waals surface area contributed by atoms with Gasteiger partial charge in [-0.25, -0.2) is 9.78 Å². The molecule has 1 aromatic carbocycles. The molecule has 0 aliphatic heterocycles. The molecule has 0 saturated heterocycles. The van der Waals surface area contributed by atoms with Gasteiger partial charge < -0.3 is 14.3 Å². The van der Waals surface area contributed by atoms with Crippen molar-refractivity contribution in [3.8, 4) is 0 Å². The van der Waals surface area contributed by atoms with Gasteiger partial charge in [0, 0.05) is 35.9 Å². The second-order valence-corrected chi connectivity index (χ2v) is 6.90. The van der Waals surface area contributed by atoms with Crippen molar-refractivity contribution in [3.05, 3.63) is 81.9 Å². The average molecular weight is 392 g/mol. The number of benzene rings is 1. The number of nitrogens with zero attached hydrogens (tertiary/aromatic N) is 3. The van der Waals surface area contributed by atoms with Crippen LogP contribution in [0.15, 0.2) is 65.4 Å². The second kappa shape index (κ2) is 7.61. The molecule has 0 spiro atoms. The van der Waals surface area contributed by atoms with Crippen molar-refractivity contribution < 1.29 is 14.3 Å². The zero-order valence-corrected chi connectivity index (χ0v) is 15.8. The number of methoxy groups -OCH3 is 1. The molecule has 28 heavy (non-hydrogen) atoms. The number of thiazole rings is 1. The van der Waals surface area contributed by atoms with Crippen LogP contribution in [-0.4, -0.2) is 33.5 Å². The van der Waals surface area contributed by atoms with Gasteiger partial charge >= 0.3 is 5.97 Å². The van der Waals surface area contributed by atoms with Crippen molar-refractivity contribution in [2.75, 3.05) is 7.11 Å². The van der Waals surface area contributed by atoms with Gasteiger partial charge in [-0.2, -0.15) is 4.99 Å². The average Bonchev–Trinajstić information content (AvgIpc) is 3.34. The number of esters is 1. The smallest absolute Gasteiger partial charge is 0.337 e. The van der Waals surface area contributed by atoms with Crippen LogP contribution in [0, 0.1) is 0 Å². The first-order chi connectivity index (χ1) is 13.7. The van der Waals surface area contributed by atoms with E-state index in [0.717, 1.165) is 10.9 Å². The van der Waals surface area contributed by atoms with E-state index in [4.69, 9.17) is 4.74 Å². The third-order valence-corrected chi connectivity index (χ3v) is 5.03. The lowest BCUT2D eigenvalue weighted by Gasteiger charge is -2.05. The number of carbonyl (C=O) groups is 2. The molecule has 0 aliphatic carbocycles. The number of aromatic amines is 1. The summed E-state index contributed by atoms with van der Waals surface area (Å²) in [6.45, 7) is 0.482. The molecular weight excluding hydrogens is 376 g/mol. The lowest BCUT2D eigenvalue weighted by atomic mass is 10.1. The van der Waals surface area contributed by atoms with Gasteiger partial charge in [-0.1, -0.05) is 12.1 Å². The summed E-state index contributed by atoms with van der Waals surface area (Å²) in [5, 5.41) is 2.61. The van der Waals surface area contributed by atoms with Gasteiger partial charge in [0.15, 0.2) is 4.80 Å². The highest BCUT2D eigenvalue weighted by molar-refractivity contribution is 7.07. The largest absolute Gasteiger partial charge is 0.465 e. The molecule has 4 aromatic rings. The predicted molar refractivity (Wildman–Crippen MR) is 105 cm³/mol. The lowest BCUT2D eigenvalue weighted by molar-refractivity contribution is 0.0600. The molecule has 1 amide bonds. The van der Waals surface area contributed by atoms with Crippen LogP contribution >= 0.6 is 11.3 Å². The van der Waals surface area contributed by atoms with E-state index < -0.39 is 0 Å². The van der Waals surface area contributed by atoms with Crippen molar-refractivity contribution in [1.29, 1.82) is 0 Å². The van der Waals surface area contributed by atoms with E-state index in [2.05, 4.69) is 15.0 Å². The summed E-state index contributed by atoms with van der Waals surface area (Å²) in [6, 6.07) is 10.8. The summed E-state index contributed by atoms with van der Waals surface area (Å²) < 4.78 is 6.63. The van der Waals surface area contributed by atoms with Crippen LogP contribution in [0.5, 0.6) is 0 Å². The van der Waals surface area contributed by atoms with Crippen LogP contribution in [0.2, 0.25) is 0 Å². The van der Waals surface area contributed by atoms with Crippen molar-refractivity contribution in [2.24, 2.45) is 4.99 Å². The first-order valence-corrected chi connectivity index (χ1v) is 9.36. The van der Waals surface area contributed by atoms with Gasteiger partial charge in [0.25, 0.3) is 5.91 Å². The van der Waals surface area contributed by atoms with E-state index in [1.807, 2.05) is 28.3 Å². The molecule has 0 atom stereocenters. The molecule has 8 heteroatoms. The van der Waals surface area contributed by atoms with E-state index in [1.165, 1.54) is 18.4 Å². The van der Waals surface area contributed by atoms with Gasteiger partial charge in [-0.05, 0) is 29.8 Å². The third kappa shape index (κ3) is 3.49. The normalized spacial score (nSPS) is 11.7. The molecule has 0 saturated carbocycles. The lowest BCUT2D eigenvalue weighted by Crippen LogP contribution is -2.17. The number of carbonyl (C=O) groups excluding carboxylic acids is 2. The van der Waals surface area contributed by atoms with Crippen LogP contribution in [0.3, 0.4) is 0 Å². The molecule has 4 rings (SSSR count). The summed E-state index contributed by atoms with van der Waals surface area (Å²) in [6.07, 6.45) is 5.15. The number of fused-ring (bicyclic) bond motifs is 1. The molecule has 0 unspecified atom stereocenters. The number of rotatable bonds is 4. The SMILES string of the molecule is COC(=O)c1cccc(Cn2ccs/c2=N\C(=O)c2c[nH]c3ncccc23)c1. The molecule has 0 fully saturated rings. The topological polar surface area (TPSA) is 89.3 Å². The first kappa shape index (κ1) is 17.9. The highest BCUT2D eigenvalue weighted by atomic mass is 32.1. The van der Waals surface area contributed by atoms with Gasteiger partial charge in [0.2, 0.25) is 0 Å². The fourth-order valence-electron chi connectivity index (χ4n) is 2.90. The number of amides is 1. The Balaban J connectivity index is 1.64. The maximum Gasteiger partial charge on any atom is 0.337 e. The van der Waals surface area contributed by atoms with Crippen molar-refractivity contribution in [2.45, 2.75) is 6.54 Å². The monoisotopic (exact) mass is 392 g/mol. The van der Waals surface area contributed by atoms with Gasteiger partial charge in [-0.3, -0.25) is 4.79 Å². The molecule has 0 bridgehead atoms. The summed E-state index contributed by atoms with van der Waals surface area (Å²) in [5.41, 5.74) is 2.53. The third-order valence-electron chi connectivity index (χ3n) is 4.24.